The molecular weight excluding hydrogens is 529 g/mol. The van der Waals surface area contributed by atoms with E-state index in [0.717, 1.165) is 16.7 Å². The van der Waals surface area contributed by atoms with Crippen molar-refractivity contribution in [2.45, 2.75) is 32.1 Å². The molecule has 3 aromatic carbocycles. The molecule has 218 valence electrons. The van der Waals surface area contributed by atoms with Crippen molar-refractivity contribution in [2.75, 3.05) is 23.8 Å². The first kappa shape index (κ1) is 33.0. The van der Waals surface area contributed by atoms with Crippen LogP contribution in [0.15, 0.2) is 115 Å². The normalized spacial score (nSPS) is 12.0. The van der Waals surface area contributed by atoms with Gasteiger partial charge in [-0.2, -0.15) is 13.2 Å². The van der Waals surface area contributed by atoms with Crippen LogP contribution < -0.4 is 21.7 Å². The van der Waals surface area contributed by atoms with Gasteiger partial charge in [-0.3, -0.25) is 4.79 Å². The molecule has 0 aliphatic rings. The predicted octanol–water partition coefficient (Wildman–Crippen LogP) is 6.45. The summed E-state index contributed by atoms with van der Waals surface area (Å²) in [6.07, 6.45) is -1.71. The molecule has 0 aromatic heterocycles. The number of benzene rings is 3. The van der Waals surface area contributed by atoms with Crippen molar-refractivity contribution in [1.82, 2.24) is 5.32 Å². The van der Waals surface area contributed by atoms with Crippen molar-refractivity contribution in [1.29, 1.82) is 0 Å². The summed E-state index contributed by atoms with van der Waals surface area (Å²) in [7, 11) is 0. The van der Waals surface area contributed by atoms with E-state index in [1.165, 1.54) is 0 Å². The fourth-order valence-electron chi connectivity index (χ4n) is 3.74. The third-order valence-electron chi connectivity index (χ3n) is 5.66. The minimum Gasteiger partial charge on any atom is -0.396 e. The Morgan fingerprint density at radius 3 is 2.20 bits per heavy atom. The van der Waals surface area contributed by atoms with E-state index in [9.17, 15) is 23.1 Å². The Morgan fingerprint density at radius 1 is 0.976 bits per heavy atom. The fraction of sp³-hybridized carbons (Fsp3) is 0.219. The van der Waals surface area contributed by atoms with Gasteiger partial charge in [-0.1, -0.05) is 67.3 Å². The summed E-state index contributed by atoms with van der Waals surface area (Å²) in [4.78, 5) is 13.2. The van der Waals surface area contributed by atoms with Gasteiger partial charge in [0.2, 0.25) is 0 Å². The van der Waals surface area contributed by atoms with Gasteiger partial charge in [-0.05, 0) is 66.9 Å². The maximum atomic E-state index is 13.2. The average molecular weight is 567 g/mol. The SMILES string of the molecule is C=C(/C=C(\Nc1cccc(CN)c1)C(=O)Nc1cccc(C(NCCCO)c2ccccc2)c1)C(F)(F)F.C=CC. The second kappa shape index (κ2) is 16.8. The number of hydrogen-bond donors (Lipinski definition) is 5. The van der Waals surface area contributed by atoms with Gasteiger partial charge in [-0.25, -0.2) is 0 Å². The van der Waals surface area contributed by atoms with E-state index in [1.807, 2.05) is 43.3 Å². The molecule has 1 amide bonds. The molecule has 1 unspecified atom stereocenters. The Balaban J connectivity index is 0.00000187. The van der Waals surface area contributed by atoms with Crippen molar-refractivity contribution in [2.24, 2.45) is 5.73 Å². The largest absolute Gasteiger partial charge is 0.415 e. The first-order valence-electron chi connectivity index (χ1n) is 13.0. The van der Waals surface area contributed by atoms with E-state index < -0.39 is 17.7 Å². The van der Waals surface area contributed by atoms with E-state index >= 15 is 0 Å². The van der Waals surface area contributed by atoms with Crippen LogP contribution in [0.3, 0.4) is 0 Å². The van der Waals surface area contributed by atoms with Gasteiger partial charge in [0.05, 0.1) is 11.6 Å². The highest BCUT2D eigenvalue weighted by Gasteiger charge is 2.31. The standard InChI is InChI=1S/C29H31F3N4O2.C3H6/c1-20(29(30,31)32)16-26(35-24-12-5-8-21(17-24)19-33)28(38)36-25-13-6-11-23(18-25)27(34-14-7-15-37)22-9-3-2-4-10-22;1-3-2/h2-6,8-13,16-18,27,34-35,37H,1,7,14-15,19,33H2,(H,36,38);3H,1H2,2H3/b26-16-;. The summed E-state index contributed by atoms with van der Waals surface area (Å²) in [6.45, 7) is 9.16. The van der Waals surface area contributed by atoms with Crippen molar-refractivity contribution < 1.29 is 23.1 Å². The minimum absolute atomic E-state index is 0.0458. The fourth-order valence-corrected chi connectivity index (χ4v) is 3.74. The van der Waals surface area contributed by atoms with Crippen LogP contribution in [0.5, 0.6) is 0 Å². The van der Waals surface area contributed by atoms with E-state index in [-0.39, 0.29) is 24.9 Å². The van der Waals surface area contributed by atoms with Crippen molar-refractivity contribution in [3.8, 4) is 0 Å². The third-order valence-corrected chi connectivity index (χ3v) is 5.66. The zero-order valence-electron chi connectivity index (χ0n) is 23.0. The zero-order valence-corrected chi connectivity index (χ0v) is 23.0. The number of allylic oxidation sites excluding steroid dienone is 3. The van der Waals surface area contributed by atoms with Gasteiger partial charge in [0.15, 0.2) is 0 Å². The highest BCUT2D eigenvalue weighted by molar-refractivity contribution is 6.06. The third kappa shape index (κ3) is 11.1. The second-order valence-corrected chi connectivity index (χ2v) is 8.97. The monoisotopic (exact) mass is 566 g/mol. The highest BCUT2D eigenvalue weighted by atomic mass is 19.4. The molecule has 0 saturated carbocycles. The van der Waals surface area contributed by atoms with E-state index in [1.54, 1.807) is 48.5 Å². The van der Waals surface area contributed by atoms with Gasteiger partial charge in [0, 0.05) is 24.5 Å². The molecule has 0 bridgehead atoms. The number of carbonyl (C=O) groups excluding carboxylic acids is 1. The molecule has 3 rings (SSSR count). The molecular formula is C32H37F3N4O2. The second-order valence-electron chi connectivity index (χ2n) is 8.97. The van der Waals surface area contributed by atoms with Crippen LogP contribution >= 0.6 is 0 Å². The van der Waals surface area contributed by atoms with Crippen LogP contribution in [0.1, 0.15) is 36.1 Å². The lowest BCUT2D eigenvalue weighted by Gasteiger charge is -2.21. The first-order valence-corrected chi connectivity index (χ1v) is 13.0. The first-order chi connectivity index (χ1) is 19.6. The topological polar surface area (TPSA) is 99.4 Å². The number of halogens is 3. The molecule has 9 heteroatoms. The van der Waals surface area contributed by atoms with Gasteiger partial charge >= 0.3 is 6.18 Å². The number of carbonyl (C=O) groups is 1. The lowest BCUT2D eigenvalue weighted by atomic mass is 9.98. The molecule has 3 aromatic rings. The summed E-state index contributed by atoms with van der Waals surface area (Å²) in [5, 5.41) is 18.0. The number of alkyl halides is 3. The Bertz CT molecular complexity index is 1310. The number of hydrogen-bond acceptors (Lipinski definition) is 5. The number of nitrogens with one attached hydrogen (secondary N) is 3. The van der Waals surface area contributed by atoms with Crippen LogP contribution in [0, 0.1) is 0 Å². The van der Waals surface area contributed by atoms with Crippen LogP contribution in [0.2, 0.25) is 0 Å². The molecule has 0 radical (unpaired) electrons. The van der Waals surface area contributed by atoms with Crippen molar-refractivity contribution in [3.63, 3.8) is 0 Å². The van der Waals surface area contributed by atoms with Gasteiger partial charge in [-0.15, -0.1) is 6.58 Å². The van der Waals surface area contributed by atoms with Gasteiger partial charge < -0.3 is 26.8 Å². The highest BCUT2D eigenvalue weighted by Crippen LogP contribution is 2.28. The maximum absolute atomic E-state index is 13.2. The molecule has 0 aliphatic carbocycles. The Hall–Kier alpha value is -4.18. The molecule has 6 N–H and O–H groups in total. The van der Waals surface area contributed by atoms with Gasteiger partial charge in [0.1, 0.15) is 5.70 Å². The van der Waals surface area contributed by atoms with Crippen LogP contribution in [-0.2, 0) is 11.3 Å². The number of anilines is 2. The molecule has 0 saturated heterocycles. The summed E-state index contributed by atoms with van der Waals surface area (Å²) in [5.74, 6) is -0.768. The van der Waals surface area contributed by atoms with Crippen LogP contribution in [-0.4, -0.2) is 30.3 Å². The number of amides is 1. The molecule has 41 heavy (non-hydrogen) atoms. The Kier molecular flexibility index (Phi) is 13.5. The van der Waals surface area contributed by atoms with Gasteiger partial charge in [0.25, 0.3) is 5.91 Å². The maximum Gasteiger partial charge on any atom is 0.415 e. The zero-order chi connectivity index (χ0) is 30.3. The lowest BCUT2D eigenvalue weighted by Crippen LogP contribution is -2.25. The molecule has 0 spiro atoms. The summed E-state index contributed by atoms with van der Waals surface area (Å²) in [5.41, 5.74) is 7.55. The van der Waals surface area contributed by atoms with E-state index in [2.05, 4.69) is 29.1 Å². The molecule has 0 aliphatic heterocycles. The summed E-state index contributed by atoms with van der Waals surface area (Å²) >= 11 is 0. The van der Waals surface area contributed by atoms with Crippen molar-refractivity contribution >= 4 is 17.3 Å². The minimum atomic E-state index is -4.70. The smallest absolute Gasteiger partial charge is 0.396 e. The quantitative estimate of drug-likeness (QED) is 0.0751. The molecule has 6 nitrogen and oxygen atoms in total. The summed E-state index contributed by atoms with van der Waals surface area (Å²) in [6, 6.07) is 23.2. The molecule has 1 atom stereocenters. The van der Waals surface area contributed by atoms with Crippen LogP contribution in [0.25, 0.3) is 0 Å². The average Bonchev–Trinajstić information content (AvgIpc) is 2.95. The molecule has 0 heterocycles. The number of nitrogens with two attached hydrogens (primary N) is 1. The Morgan fingerprint density at radius 2 is 1.59 bits per heavy atom. The van der Waals surface area contributed by atoms with E-state index in [0.29, 0.717) is 30.4 Å². The van der Waals surface area contributed by atoms with Crippen LogP contribution in [0.4, 0.5) is 24.5 Å². The number of rotatable bonds is 12. The lowest BCUT2D eigenvalue weighted by molar-refractivity contribution is -0.112. The number of aliphatic hydroxyl groups excluding tert-OH is 1. The molecule has 0 fully saturated rings. The Labute approximate surface area is 239 Å². The van der Waals surface area contributed by atoms with Crippen molar-refractivity contribution in [3.05, 3.63) is 132 Å². The summed E-state index contributed by atoms with van der Waals surface area (Å²) < 4.78 is 39.7. The number of aliphatic hydroxyl groups is 1. The predicted molar refractivity (Wildman–Crippen MR) is 160 cm³/mol. The van der Waals surface area contributed by atoms with E-state index in [4.69, 9.17) is 5.73 Å².